The number of benzene rings is 2. The normalized spacial score (nSPS) is 17.6. The first-order valence-corrected chi connectivity index (χ1v) is 12.4. The maximum Gasteiger partial charge on any atom is 0.295 e. The first-order valence-electron chi connectivity index (χ1n) is 11.6. The van der Waals surface area contributed by atoms with Crippen LogP contribution in [0.15, 0.2) is 42.0 Å². The van der Waals surface area contributed by atoms with Crippen LogP contribution in [-0.4, -0.2) is 60.4 Å². The Morgan fingerprint density at radius 2 is 1.83 bits per heavy atom. The van der Waals surface area contributed by atoms with Crippen LogP contribution < -0.4 is 4.74 Å². The van der Waals surface area contributed by atoms with Crippen molar-refractivity contribution in [1.29, 1.82) is 0 Å². The number of carbonyl (C=O) groups excluding carboxylic acids is 2. The number of hydrogen-bond acceptors (Lipinski definition) is 5. The molecule has 1 atom stereocenters. The van der Waals surface area contributed by atoms with E-state index in [0.717, 1.165) is 12.1 Å². The minimum absolute atomic E-state index is 0.0356. The predicted molar refractivity (Wildman–Crippen MR) is 140 cm³/mol. The molecule has 1 aliphatic rings. The van der Waals surface area contributed by atoms with E-state index in [1.165, 1.54) is 4.90 Å². The molecule has 1 amide bonds. The van der Waals surface area contributed by atoms with Gasteiger partial charge in [0.25, 0.3) is 11.7 Å². The van der Waals surface area contributed by atoms with Gasteiger partial charge in [0.05, 0.1) is 28.3 Å². The van der Waals surface area contributed by atoms with Gasteiger partial charge in [0.1, 0.15) is 11.5 Å². The average molecular weight is 519 g/mol. The minimum atomic E-state index is -0.774. The van der Waals surface area contributed by atoms with E-state index >= 15 is 0 Å². The number of aliphatic hydroxyl groups is 1. The summed E-state index contributed by atoms with van der Waals surface area (Å²) in [6.45, 7) is 7.68. The number of Topliss-reactive ketones (excluding diaryl/α,β-unsaturated/α-hetero) is 1. The van der Waals surface area contributed by atoms with Gasteiger partial charge in [0, 0.05) is 12.1 Å². The molecule has 1 saturated heterocycles. The van der Waals surface area contributed by atoms with Crippen molar-refractivity contribution < 1.29 is 19.4 Å². The summed E-state index contributed by atoms with van der Waals surface area (Å²) in [6, 6.07) is 9.45. The van der Waals surface area contributed by atoms with Gasteiger partial charge in [-0.25, -0.2) is 0 Å². The molecule has 35 heavy (non-hydrogen) atoms. The number of amides is 1. The van der Waals surface area contributed by atoms with Crippen LogP contribution in [0.5, 0.6) is 5.75 Å². The maximum absolute atomic E-state index is 13.2. The zero-order valence-corrected chi connectivity index (χ0v) is 22.3. The molecule has 0 unspecified atom stereocenters. The Hall–Kier alpha value is -2.54. The van der Waals surface area contributed by atoms with E-state index in [1.54, 1.807) is 36.4 Å². The molecular weight excluding hydrogens is 487 g/mol. The Balaban J connectivity index is 2.07. The summed E-state index contributed by atoms with van der Waals surface area (Å²) >= 11 is 12.4. The van der Waals surface area contributed by atoms with Gasteiger partial charge in [-0.15, -0.1) is 0 Å². The first kappa shape index (κ1) is 27.1. The Morgan fingerprint density at radius 3 is 2.43 bits per heavy atom. The van der Waals surface area contributed by atoms with Crippen molar-refractivity contribution in [1.82, 2.24) is 9.80 Å². The number of rotatable bonds is 9. The van der Waals surface area contributed by atoms with E-state index in [1.807, 2.05) is 25.9 Å². The predicted octanol–water partition coefficient (Wildman–Crippen LogP) is 5.71. The van der Waals surface area contributed by atoms with Gasteiger partial charge in [0.2, 0.25) is 0 Å². The summed E-state index contributed by atoms with van der Waals surface area (Å²) in [5.41, 5.74) is 1.91. The number of halogens is 2. The molecule has 1 aliphatic heterocycles. The summed E-state index contributed by atoms with van der Waals surface area (Å²) in [4.78, 5) is 29.8. The molecule has 0 bridgehead atoms. The van der Waals surface area contributed by atoms with E-state index in [0.29, 0.717) is 52.4 Å². The van der Waals surface area contributed by atoms with Gasteiger partial charge in [-0.3, -0.25) is 9.59 Å². The highest BCUT2D eigenvalue weighted by molar-refractivity contribution is 6.46. The number of nitrogens with zero attached hydrogens (tertiary/aromatic N) is 2. The summed E-state index contributed by atoms with van der Waals surface area (Å²) in [7, 11) is 3.89. The van der Waals surface area contributed by atoms with Crippen LogP contribution in [0, 0.1) is 12.8 Å². The molecule has 1 fully saturated rings. The molecular formula is C27H32Cl2N2O4. The first-order chi connectivity index (χ1) is 16.5. The monoisotopic (exact) mass is 518 g/mol. The SMILES string of the molecule is Cc1cc(/C(O)=C2\C(=O)C(=O)N(CCCN(C)C)[C@@H]2c2ccc(Cl)c(Cl)c2)ccc1OCC(C)C. The topological polar surface area (TPSA) is 70.1 Å². The number of ketones is 1. The highest BCUT2D eigenvalue weighted by Gasteiger charge is 2.46. The number of ether oxygens (including phenoxy) is 1. The summed E-state index contributed by atoms with van der Waals surface area (Å²) in [5, 5.41) is 12.0. The molecule has 8 heteroatoms. The van der Waals surface area contributed by atoms with Gasteiger partial charge in [-0.2, -0.15) is 0 Å². The summed E-state index contributed by atoms with van der Waals surface area (Å²) in [5.74, 6) is -0.512. The van der Waals surface area contributed by atoms with Crippen LogP contribution in [-0.2, 0) is 9.59 Å². The third-order valence-electron chi connectivity index (χ3n) is 5.82. The number of carbonyl (C=O) groups is 2. The van der Waals surface area contributed by atoms with Gasteiger partial charge >= 0.3 is 0 Å². The number of likely N-dealkylation sites (tertiary alicyclic amines) is 1. The second-order valence-corrected chi connectivity index (χ2v) is 10.3. The second kappa shape index (κ2) is 11.5. The molecule has 1 heterocycles. The molecule has 0 spiro atoms. The fourth-order valence-corrected chi connectivity index (χ4v) is 4.37. The Morgan fingerprint density at radius 1 is 1.11 bits per heavy atom. The minimum Gasteiger partial charge on any atom is -0.507 e. The third-order valence-corrected chi connectivity index (χ3v) is 6.56. The fraction of sp³-hybridized carbons (Fsp3) is 0.407. The van der Waals surface area contributed by atoms with E-state index in [9.17, 15) is 14.7 Å². The smallest absolute Gasteiger partial charge is 0.295 e. The quantitative estimate of drug-likeness (QED) is 0.261. The highest BCUT2D eigenvalue weighted by atomic mass is 35.5. The Kier molecular flexibility index (Phi) is 8.86. The zero-order chi connectivity index (χ0) is 25.9. The molecule has 2 aromatic carbocycles. The van der Waals surface area contributed by atoms with E-state index in [4.69, 9.17) is 27.9 Å². The van der Waals surface area contributed by atoms with Gasteiger partial charge < -0.3 is 19.6 Å². The molecule has 0 aliphatic carbocycles. The molecule has 0 aromatic heterocycles. The molecule has 188 valence electrons. The number of aliphatic hydroxyl groups excluding tert-OH is 1. The van der Waals surface area contributed by atoms with E-state index in [-0.39, 0.29) is 11.3 Å². The van der Waals surface area contributed by atoms with Crippen LogP contribution in [0.3, 0.4) is 0 Å². The molecule has 0 radical (unpaired) electrons. The van der Waals surface area contributed by atoms with Crippen LogP contribution in [0.2, 0.25) is 10.0 Å². The molecule has 1 N–H and O–H groups in total. The van der Waals surface area contributed by atoms with Crippen molar-refractivity contribution in [2.24, 2.45) is 5.92 Å². The van der Waals surface area contributed by atoms with Gasteiger partial charge in [-0.1, -0.05) is 43.1 Å². The van der Waals surface area contributed by atoms with E-state index < -0.39 is 17.7 Å². The maximum atomic E-state index is 13.2. The van der Waals surface area contributed by atoms with Crippen molar-refractivity contribution in [3.63, 3.8) is 0 Å². The van der Waals surface area contributed by atoms with Crippen LogP contribution in [0.4, 0.5) is 0 Å². The standard InChI is InChI=1S/C27H32Cl2N2O4/c1-16(2)15-35-22-10-8-19(13-17(22)3)25(32)23-24(18-7-9-20(28)21(29)14-18)31(27(34)26(23)33)12-6-11-30(4)5/h7-10,13-14,16,24,32H,6,11-12,15H2,1-5H3/b25-23+/t24-/m1/s1. The Labute approximate surface area is 217 Å². The highest BCUT2D eigenvalue weighted by Crippen LogP contribution is 2.41. The number of aryl methyl sites for hydroxylation is 1. The average Bonchev–Trinajstić information content (AvgIpc) is 3.04. The second-order valence-electron chi connectivity index (χ2n) is 9.51. The molecule has 6 nitrogen and oxygen atoms in total. The van der Waals surface area contributed by atoms with Crippen molar-refractivity contribution >= 4 is 40.7 Å². The lowest BCUT2D eigenvalue weighted by Gasteiger charge is -2.26. The Bertz CT molecular complexity index is 1140. The lowest BCUT2D eigenvalue weighted by Crippen LogP contribution is -2.32. The van der Waals surface area contributed by atoms with E-state index in [2.05, 4.69) is 13.8 Å². The zero-order valence-electron chi connectivity index (χ0n) is 20.8. The van der Waals surface area contributed by atoms with Crippen LogP contribution in [0.1, 0.15) is 43.0 Å². The van der Waals surface area contributed by atoms with Gasteiger partial charge in [0.15, 0.2) is 0 Å². The van der Waals surface area contributed by atoms with Gasteiger partial charge in [-0.05, 0) is 81.4 Å². The van der Waals surface area contributed by atoms with Crippen LogP contribution >= 0.6 is 23.2 Å². The molecule has 2 aromatic rings. The molecule has 3 rings (SSSR count). The fourth-order valence-electron chi connectivity index (χ4n) is 4.07. The largest absolute Gasteiger partial charge is 0.507 e. The van der Waals surface area contributed by atoms with Crippen molar-refractivity contribution in [3.8, 4) is 5.75 Å². The van der Waals surface area contributed by atoms with Crippen molar-refractivity contribution in [3.05, 3.63) is 68.7 Å². The lowest BCUT2D eigenvalue weighted by atomic mass is 9.94. The van der Waals surface area contributed by atoms with Crippen molar-refractivity contribution in [2.75, 3.05) is 33.8 Å². The van der Waals surface area contributed by atoms with Crippen LogP contribution in [0.25, 0.3) is 5.76 Å². The summed E-state index contributed by atoms with van der Waals surface area (Å²) in [6.07, 6.45) is 0.666. The third kappa shape index (κ3) is 6.18. The lowest BCUT2D eigenvalue weighted by molar-refractivity contribution is -0.139. The molecule has 0 saturated carbocycles. The van der Waals surface area contributed by atoms with Crippen molar-refractivity contribution in [2.45, 2.75) is 33.2 Å². The number of hydrogen-bond donors (Lipinski definition) is 1. The summed E-state index contributed by atoms with van der Waals surface area (Å²) < 4.78 is 5.83.